The van der Waals surface area contributed by atoms with Crippen molar-refractivity contribution in [3.63, 3.8) is 0 Å². The molecule has 2 heterocycles. The van der Waals surface area contributed by atoms with E-state index in [1.165, 1.54) is 0 Å². The minimum Gasteiger partial charge on any atom is -0.336 e. The molecule has 0 spiro atoms. The summed E-state index contributed by atoms with van der Waals surface area (Å²) in [5.74, 6) is 0.279. The molecule has 0 aromatic carbocycles. The molecule has 92 valence electrons. The van der Waals surface area contributed by atoms with Crippen LogP contribution in [-0.4, -0.2) is 60.0 Å². The molecule has 16 heavy (non-hydrogen) atoms. The lowest BCUT2D eigenvalue weighted by Gasteiger charge is -2.36. The highest BCUT2D eigenvalue weighted by atomic mass is 16.2. The Hall–Kier alpha value is -0.610. The molecule has 2 rings (SSSR count). The normalized spacial score (nSPS) is 32.8. The molecule has 0 saturated carbocycles. The van der Waals surface area contributed by atoms with Crippen LogP contribution in [0.2, 0.25) is 0 Å². The third-order valence-electron chi connectivity index (χ3n) is 3.82. The van der Waals surface area contributed by atoms with Crippen LogP contribution in [0.4, 0.5) is 0 Å². The Bertz CT molecular complexity index is 267. The molecule has 0 radical (unpaired) electrons. The van der Waals surface area contributed by atoms with Crippen molar-refractivity contribution in [2.45, 2.75) is 45.3 Å². The van der Waals surface area contributed by atoms with Crippen LogP contribution in [0.3, 0.4) is 0 Å². The number of nitrogens with zero attached hydrogens (tertiary/aromatic N) is 2. The van der Waals surface area contributed by atoms with E-state index in [1.54, 1.807) is 0 Å². The first-order valence-electron chi connectivity index (χ1n) is 6.37. The largest absolute Gasteiger partial charge is 0.336 e. The minimum absolute atomic E-state index is 0.00171. The number of rotatable bonds is 2. The van der Waals surface area contributed by atoms with Crippen LogP contribution >= 0.6 is 0 Å². The number of piperazine rings is 1. The van der Waals surface area contributed by atoms with Gasteiger partial charge in [0.2, 0.25) is 5.91 Å². The fourth-order valence-corrected chi connectivity index (χ4v) is 2.70. The molecule has 0 aromatic heterocycles. The molecule has 0 aromatic rings. The summed E-state index contributed by atoms with van der Waals surface area (Å²) in [4.78, 5) is 16.6. The first kappa shape index (κ1) is 11.9. The van der Waals surface area contributed by atoms with Gasteiger partial charge >= 0.3 is 0 Å². The number of hydrogen-bond donors (Lipinski definition) is 1. The van der Waals surface area contributed by atoms with Gasteiger partial charge in [-0.1, -0.05) is 0 Å². The first-order valence-corrected chi connectivity index (χ1v) is 6.37. The van der Waals surface area contributed by atoms with Crippen molar-refractivity contribution in [2.24, 2.45) is 0 Å². The Morgan fingerprint density at radius 3 is 2.75 bits per heavy atom. The lowest BCUT2D eigenvalue weighted by Crippen LogP contribution is -2.57. The van der Waals surface area contributed by atoms with E-state index in [9.17, 15) is 4.79 Å². The molecule has 2 aliphatic heterocycles. The number of amides is 1. The third-order valence-corrected chi connectivity index (χ3v) is 3.82. The van der Waals surface area contributed by atoms with Crippen LogP contribution in [0.15, 0.2) is 0 Å². The number of nitrogens with one attached hydrogen (secondary N) is 1. The zero-order chi connectivity index (χ0) is 11.7. The predicted molar refractivity (Wildman–Crippen MR) is 64.3 cm³/mol. The Labute approximate surface area is 98.0 Å². The Morgan fingerprint density at radius 1 is 1.38 bits per heavy atom. The van der Waals surface area contributed by atoms with E-state index >= 15 is 0 Å². The zero-order valence-corrected chi connectivity index (χ0v) is 10.6. The van der Waals surface area contributed by atoms with Crippen molar-refractivity contribution in [3.05, 3.63) is 0 Å². The SMILES string of the molecule is CC1NCCN(C2CCN(C(C)C)C2)C1=O. The second kappa shape index (κ2) is 4.72. The maximum atomic E-state index is 12.0. The smallest absolute Gasteiger partial charge is 0.239 e. The molecule has 2 unspecified atom stereocenters. The Balaban J connectivity index is 1.95. The summed E-state index contributed by atoms with van der Waals surface area (Å²) >= 11 is 0. The zero-order valence-electron chi connectivity index (χ0n) is 10.6. The fourth-order valence-electron chi connectivity index (χ4n) is 2.70. The summed E-state index contributed by atoms with van der Waals surface area (Å²) < 4.78 is 0. The minimum atomic E-state index is 0.00171. The van der Waals surface area contributed by atoms with Gasteiger partial charge in [-0.15, -0.1) is 0 Å². The lowest BCUT2D eigenvalue weighted by molar-refractivity contribution is -0.137. The molecular formula is C12H23N3O. The van der Waals surface area contributed by atoms with E-state index in [4.69, 9.17) is 0 Å². The first-order chi connectivity index (χ1) is 7.59. The van der Waals surface area contributed by atoms with E-state index < -0.39 is 0 Å². The standard InChI is InChI=1S/C12H23N3O/c1-9(2)14-6-4-11(8-14)15-7-5-13-10(3)12(15)16/h9-11,13H,4-8H2,1-3H3. The van der Waals surface area contributed by atoms with Crippen LogP contribution in [-0.2, 0) is 4.79 Å². The molecule has 2 fully saturated rings. The van der Waals surface area contributed by atoms with Crippen molar-refractivity contribution < 1.29 is 4.79 Å². The molecule has 2 saturated heterocycles. The van der Waals surface area contributed by atoms with Crippen LogP contribution in [0.1, 0.15) is 27.2 Å². The Morgan fingerprint density at radius 2 is 2.12 bits per heavy atom. The van der Waals surface area contributed by atoms with Gasteiger partial charge in [0.15, 0.2) is 0 Å². The van der Waals surface area contributed by atoms with E-state index in [0.717, 1.165) is 32.6 Å². The molecule has 2 atom stereocenters. The second-order valence-corrected chi connectivity index (χ2v) is 5.24. The number of carbonyl (C=O) groups excluding carboxylic acids is 1. The van der Waals surface area contributed by atoms with Crippen LogP contribution in [0.25, 0.3) is 0 Å². The lowest BCUT2D eigenvalue weighted by atomic mass is 10.1. The van der Waals surface area contributed by atoms with Crippen LogP contribution in [0, 0.1) is 0 Å². The van der Waals surface area contributed by atoms with Gasteiger partial charge in [-0.25, -0.2) is 0 Å². The highest BCUT2D eigenvalue weighted by Gasteiger charge is 2.34. The van der Waals surface area contributed by atoms with Gasteiger partial charge in [0, 0.05) is 38.3 Å². The van der Waals surface area contributed by atoms with Gasteiger partial charge in [-0.05, 0) is 27.2 Å². The summed E-state index contributed by atoms with van der Waals surface area (Å²) in [5, 5.41) is 3.21. The monoisotopic (exact) mass is 225 g/mol. The highest BCUT2D eigenvalue weighted by molar-refractivity contribution is 5.82. The molecule has 4 heteroatoms. The van der Waals surface area contributed by atoms with E-state index in [2.05, 4.69) is 29.0 Å². The topological polar surface area (TPSA) is 35.6 Å². The number of carbonyl (C=O) groups is 1. The molecule has 0 bridgehead atoms. The van der Waals surface area contributed by atoms with Crippen molar-refractivity contribution in [2.75, 3.05) is 26.2 Å². The van der Waals surface area contributed by atoms with Gasteiger partial charge in [-0.2, -0.15) is 0 Å². The Kier molecular flexibility index (Phi) is 3.50. The molecular weight excluding hydrogens is 202 g/mol. The second-order valence-electron chi connectivity index (χ2n) is 5.24. The summed E-state index contributed by atoms with van der Waals surface area (Å²) in [6.45, 7) is 10.4. The maximum absolute atomic E-state index is 12.0. The van der Waals surface area contributed by atoms with E-state index in [1.807, 2.05) is 6.92 Å². The van der Waals surface area contributed by atoms with E-state index in [-0.39, 0.29) is 11.9 Å². The van der Waals surface area contributed by atoms with Crippen molar-refractivity contribution in [3.8, 4) is 0 Å². The average molecular weight is 225 g/mol. The van der Waals surface area contributed by atoms with Gasteiger partial charge in [-0.3, -0.25) is 9.69 Å². The summed E-state index contributed by atoms with van der Waals surface area (Å²) in [6.07, 6.45) is 1.14. The molecule has 1 amide bonds. The average Bonchev–Trinajstić information content (AvgIpc) is 2.71. The van der Waals surface area contributed by atoms with Gasteiger partial charge in [0.25, 0.3) is 0 Å². The predicted octanol–water partition coefficient (Wildman–Crippen LogP) is 0.289. The molecule has 4 nitrogen and oxygen atoms in total. The van der Waals surface area contributed by atoms with E-state index in [0.29, 0.717) is 12.1 Å². The van der Waals surface area contributed by atoms with Gasteiger partial charge < -0.3 is 10.2 Å². The van der Waals surface area contributed by atoms with Gasteiger partial charge in [0.1, 0.15) is 0 Å². The van der Waals surface area contributed by atoms with Crippen molar-refractivity contribution in [1.29, 1.82) is 0 Å². The highest BCUT2D eigenvalue weighted by Crippen LogP contribution is 2.19. The van der Waals surface area contributed by atoms with Gasteiger partial charge in [0.05, 0.1) is 6.04 Å². The molecule has 1 N–H and O–H groups in total. The maximum Gasteiger partial charge on any atom is 0.239 e. The number of likely N-dealkylation sites (tertiary alicyclic amines) is 1. The quantitative estimate of drug-likeness (QED) is 0.734. The molecule has 0 aliphatic carbocycles. The summed E-state index contributed by atoms with van der Waals surface area (Å²) in [5.41, 5.74) is 0. The third kappa shape index (κ3) is 2.23. The van der Waals surface area contributed by atoms with Crippen LogP contribution in [0.5, 0.6) is 0 Å². The van der Waals surface area contributed by atoms with Crippen LogP contribution < -0.4 is 5.32 Å². The van der Waals surface area contributed by atoms with Crippen molar-refractivity contribution in [1.82, 2.24) is 15.1 Å². The molecule has 2 aliphatic rings. The number of hydrogen-bond acceptors (Lipinski definition) is 3. The summed E-state index contributed by atoms with van der Waals surface area (Å²) in [7, 11) is 0. The fraction of sp³-hybridized carbons (Fsp3) is 0.917. The summed E-state index contributed by atoms with van der Waals surface area (Å²) in [6, 6.07) is 1.04. The van der Waals surface area contributed by atoms with Crippen molar-refractivity contribution >= 4 is 5.91 Å².